The van der Waals surface area contributed by atoms with Gasteiger partial charge in [0.25, 0.3) is 5.56 Å². The summed E-state index contributed by atoms with van der Waals surface area (Å²) in [7, 11) is 0. The van der Waals surface area contributed by atoms with Gasteiger partial charge in [-0.3, -0.25) is 9.69 Å². The first-order chi connectivity index (χ1) is 19.0. The minimum atomic E-state index is -0.634. The van der Waals surface area contributed by atoms with E-state index >= 15 is 0 Å². The zero-order valence-corrected chi connectivity index (χ0v) is 21.6. The third-order valence-electron chi connectivity index (χ3n) is 7.13. The number of benzene rings is 2. The molecule has 2 atom stereocenters. The highest BCUT2D eigenvalue weighted by Gasteiger charge is 2.32. The largest absolute Gasteiger partial charge is 0.468 e. The third kappa shape index (κ3) is 5.52. The number of aryl methyl sites for hydroxylation is 1. The van der Waals surface area contributed by atoms with Crippen molar-refractivity contribution in [3.05, 3.63) is 111 Å². The van der Waals surface area contributed by atoms with Crippen molar-refractivity contribution >= 4 is 10.9 Å². The van der Waals surface area contributed by atoms with Gasteiger partial charge in [0, 0.05) is 24.2 Å². The van der Waals surface area contributed by atoms with Crippen molar-refractivity contribution < 1.29 is 13.5 Å². The Morgan fingerprint density at radius 1 is 1.15 bits per heavy atom. The minimum absolute atomic E-state index is 0.000981. The van der Waals surface area contributed by atoms with Gasteiger partial charge in [-0.2, -0.15) is 0 Å². The molecule has 4 heterocycles. The van der Waals surface area contributed by atoms with E-state index in [9.17, 15) is 9.18 Å². The van der Waals surface area contributed by atoms with Crippen LogP contribution in [0.1, 0.15) is 47.2 Å². The molecule has 2 aromatic carbocycles. The summed E-state index contributed by atoms with van der Waals surface area (Å²) >= 11 is 0. The molecule has 0 aliphatic carbocycles. The second-order valence-electron chi connectivity index (χ2n) is 10.0. The number of hydrogen-bond acceptors (Lipinski definition) is 7. The minimum Gasteiger partial charge on any atom is -0.468 e. The SMILES string of the molecule is Cc1ccc2[nH]c(=O)c([C@@H](c3nnnn3C[C@H]3CCCO3)N(Cc3ccc(F)cc3)Cc3ccco3)cc2c1. The molecule has 0 spiro atoms. The van der Waals surface area contributed by atoms with Gasteiger partial charge in [-0.05, 0) is 83.6 Å². The summed E-state index contributed by atoms with van der Waals surface area (Å²) in [6.07, 6.45) is 3.53. The van der Waals surface area contributed by atoms with E-state index in [1.54, 1.807) is 23.1 Å². The van der Waals surface area contributed by atoms with Crippen molar-refractivity contribution in [2.24, 2.45) is 0 Å². The topological polar surface area (TPSA) is 102 Å². The van der Waals surface area contributed by atoms with Gasteiger partial charge in [-0.25, -0.2) is 9.07 Å². The first-order valence-electron chi connectivity index (χ1n) is 13.1. The molecule has 3 aromatic heterocycles. The maximum atomic E-state index is 13.7. The molecular weight excluding hydrogens is 499 g/mol. The highest BCUT2D eigenvalue weighted by molar-refractivity contribution is 5.79. The van der Waals surface area contributed by atoms with Crippen molar-refractivity contribution in [3.8, 4) is 0 Å². The summed E-state index contributed by atoms with van der Waals surface area (Å²) in [6.45, 7) is 3.97. The van der Waals surface area contributed by atoms with E-state index in [-0.39, 0.29) is 17.5 Å². The van der Waals surface area contributed by atoms with Gasteiger partial charge in [0.1, 0.15) is 17.6 Å². The summed E-state index contributed by atoms with van der Waals surface area (Å²) in [4.78, 5) is 18.8. The molecule has 0 bridgehead atoms. The number of fused-ring (bicyclic) bond motifs is 1. The average molecular weight is 529 g/mol. The molecule has 1 N–H and O–H groups in total. The number of aromatic nitrogens is 5. The summed E-state index contributed by atoms with van der Waals surface area (Å²) in [6, 6.07) is 17.3. The average Bonchev–Trinajstić information content (AvgIpc) is 3.71. The summed E-state index contributed by atoms with van der Waals surface area (Å²) in [5, 5.41) is 13.7. The van der Waals surface area contributed by atoms with Crippen LogP contribution in [0.5, 0.6) is 0 Å². The molecular formula is C29H29FN6O3. The fourth-order valence-electron chi connectivity index (χ4n) is 5.23. The summed E-state index contributed by atoms with van der Waals surface area (Å²) in [5.41, 5.74) is 2.98. The standard InChI is InChI=1S/C29H29FN6O3/c1-19-6-11-26-21(14-19)15-25(29(37)31-26)27(28-32-33-34-36(28)18-24-5-3-13-39-24)35(17-23-4-2-12-38-23)16-20-7-9-22(30)10-8-20/h2,4,6-12,14-15,24,27H,3,5,13,16-18H2,1H3,(H,31,37)/t24-,27+/m1/s1. The van der Waals surface area contributed by atoms with Gasteiger partial charge in [0.15, 0.2) is 5.82 Å². The number of ether oxygens (including phenoxy) is 1. The first-order valence-corrected chi connectivity index (χ1v) is 13.1. The van der Waals surface area contributed by atoms with Crippen LogP contribution in [-0.2, 0) is 24.4 Å². The van der Waals surface area contributed by atoms with Gasteiger partial charge in [0.2, 0.25) is 0 Å². The molecule has 9 nitrogen and oxygen atoms in total. The van der Waals surface area contributed by atoms with Crippen LogP contribution in [0.25, 0.3) is 10.9 Å². The number of furan rings is 1. The first kappa shape index (κ1) is 25.1. The lowest BCUT2D eigenvalue weighted by molar-refractivity contribution is 0.0901. The van der Waals surface area contributed by atoms with E-state index in [0.29, 0.717) is 43.4 Å². The van der Waals surface area contributed by atoms with Crippen LogP contribution in [0, 0.1) is 12.7 Å². The number of rotatable bonds is 9. The molecule has 6 rings (SSSR count). The van der Waals surface area contributed by atoms with Crippen molar-refractivity contribution in [3.63, 3.8) is 0 Å². The Bertz CT molecular complexity index is 1610. The fourth-order valence-corrected chi connectivity index (χ4v) is 5.23. The maximum absolute atomic E-state index is 13.7. The van der Waals surface area contributed by atoms with Crippen LogP contribution in [0.15, 0.2) is 76.1 Å². The molecule has 200 valence electrons. The van der Waals surface area contributed by atoms with Gasteiger partial charge in [0.05, 0.1) is 25.5 Å². The molecule has 0 unspecified atom stereocenters. The van der Waals surface area contributed by atoms with Crippen molar-refractivity contribution in [1.82, 2.24) is 30.1 Å². The summed E-state index contributed by atoms with van der Waals surface area (Å²) < 4.78 is 27.1. The quantitative estimate of drug-likeness (QED) is 0.300. The third-order valence-corrected chi connectivity index (χ3v) is 7.13. The number of nitrogens with zero attached hydrogens (tertiary/aromatic N) is 5. The van der Waals surface area contributed by atoms with Gasteiger partial charge in [-0.15, -0.1) is 5.10 Å². The van der Waals surface area contributed by atoms with Crippen molar-refractivity contribution in [2.45, 2.75) is 51.5 Å². The number of H-pyrrole nitrogens is 1. The smallest absolute Gasteiger partial charge is 0.253 e. The number of pyridine rings is 1. The molecule has 0 saturated carbocycles. The zero-order chi connectivity index (χ0) is 26.8. The van der Waals surface area contributed by atoms with Crippen LogP contribution in [0.3, 0.4) is 0 Å². The van der Waals surface area contributed by atoms with Crippen molar-refractivity contribution in [1.29, 1.82) is 0 Å². The van der Waals surface area contributed by atoms with E-state index in [4.69, 9.17) is 9.15 Å². The Balaban J connectivity index is 1.50. The Hall–Kier alpha value is -4.15. The molecule has 1 saturated heterocycles. The molecule has 39 heavy (non-hydrogen) atoms. The van der Waals surface area contributed by atoms with Crippen LogP contribution >= 0.6 is 0 Å². The lowest BCUT2D eigenvalue weighted by atomic mass is 10.0. The van der Waals surface area contributed by atoms with Gasteiger partial charge in [-0.1, -0.05) is 23.8 Å². The molecule has 1 aliphatic heterocycles. The highest BCUT2D eigenvalue weighted by Crippen LogP contribution is 2.31. The Morgan fingerprint density at radius 3 is 2.79 bits per heavy atom. The summed E-state index contributed by atoms with van der Waals surface area (Å²) in [5.74, 6) is 0.930. The monoisotopic (exact) mass is 528 g/mol. The molecule has 0 radical (unpaired) electrons. The highest BCUT2D eigenvalue weighted by atomic mass is 19.1. The van der Waals surface area contributed by atoms with E-state index < -0.39 is 6.04 Å². The van der Waals surface area contributed by atoms with E-state index in [1.807, 2.05) is 43.3 Å². The Labute approximate surface area is 224 Å². The fraction of sp³-hybridized carbons (Fsp3) is 0.310. The molecule has 10 heteroatoms. The number of tetrazole rings is 1. The van der Waals surface area contributed by atoms with E-state index in [0.717, 1.165) is 34.9 Å². The zero-order valence-electron chi connectivity index (χ0n) is 21.6. The van der Waals surface area contributed by atoms with Gasteiger partial charge < -0.3 is 14.1 Å². The molecule has 0 amide bonds. The van der Waals surface area contributed by atoms with Crippen LogP contribution < -0.4 is 5.56 Å². The van der Waals surface area contributed by atoms with Crippen LogP contribution in [-0.4, -0.2) is 42.8 Å². The predicted molar refractivity (Wildman–Crippen MR) is 142 cm³/mol. The second kappa shape index (κ2) is 10.9. The number of halogens is 1. The second-order valence-corrected chi connectivity index (χ2v) is 10.0. The molecule has 1 aliphatic rings. The molecule has 1 fully saturated rings. The number of aromatic amines is 1. The number of nitrogens with one attached hydrogen (secondary N) is 1. The molecule has 5 aromatic rings. The van der Waals surface area contributed by atoms with Crippen LogP contribution in [0.2, 0.25) is 0 Å². The van der Waals surface area contributed by atoms with Crippen LogP contribution in [0.4, 0.5) is 4.39 Å². The maximum Gasteiger partial charge on any atom is 0.253 e. The lowest BCUT2D eigenvalue weighted by Crippen LogP contribution is -2.35. The predicted octanol–water partition coefficient (Wildman–Crippen LogP) is 4.53. The van der Waals surface area contributed by atoms with Crippen molar-refractivity contribution in [2.75, 3.05) is 6.61 Å². The lowest BCUT2D eigenvalue weighted by Gasteiger charge is -2.30. The Morgan fingerprint density at radius 2 is 2.03 bits per heavy atom. The van der Waals surface area contributed by atoms with E-state index in [1.165, 1.54) is 12.1 Å². The van der Waals surface area contributed by atoms with Gasteiger partial charge >= 0.3 is 0 Å². The number of hydrogen-bond donors (Lipinski definition) is 1. The normalized spacial score (nSPS) is 16.3. The Kier molecular flexibility index (Phi) is 7.04. The van der Waals surface area contributed by atoms with E-state index in [2.05, 4.69) is 25.4 Å².